The summed E-state index contributed by atoms with van der Waals surface area (Å²) in [6.07, 6.45) is 2.29. The number of rotatable bonds is 3. The number of nitrogens with zero attached hydrogens (tertiary/aromatic N) is 1. The lowest BCUT2D eigenvalue weighted by molar-refractivity contribution is -0.128. The zero-order valence-corrected chi connectivity index (χ0v) is 12.2. The van der Waals surface area contributed by atoms with Crippen molar-refractivity contribution in [2.75, 3.05) is 0 Å². The van der Waals surface area contributed by atoms with E-state index in [1.165, 1.54) is 0 Å². The van der Waals surface area contributed by atoms with Crippen LogP contribution in [-0.2, 0) is 4.79 Å². The van der Waals surface area contributed by atoms with Gasteiger partial charge in [-0.05, 0) is 55.6 Å². The van der Waals surface area contributed by atoms with Crippen LogP contribution in [0.3, 0.4) is 0 Å². The molecule has 2 atom stereocenters. The highest BCUT2D eigenvalue weighted by Crippen LogP contribution is 2.45. The zero-order chi connectivity index (χ0) is 13.6. The average Bonchev–Trinajstić information content (AvgIpc) is 3.16. The highest BCUT2D eigenvalue weighted by atomic mass is 35.5. The second-order valence-corrected chi connectivity index (χ2v) is 6.04. The minimum atomic E-state index is -0.221. The molecule has 3 rings (SSSR count). The summed E-state index contributed by atoms with van der Waals surface area (Å²) in [6, 6.07) is 7.55. The van der Waals surface area contributed by atoms with E-state index < -0.39 is 0 Å². The number of amides is 1. The lowest BCUT2D eigenvalue weighted by atomic mass is 10.0. The fourth-order valence-electron chi connectivity index (χ4n) is 2.59. The molecule has 1 aromatic rings. The van der Waals surface area contributed by atoms with Gasteiger partial charge in [-0.3, -0.25) is 9.69 Å². The molecule has 1 aromatic carbocycles. The first-order valence-electron chi connectivity index (χ1n) is 6.47. The summed E-state index contributed by atoms with van der Waals surface area (Å²) in [5, 5.41) is 4.30. The van der Waals surface area contributed by atoms with E-state index in [-0.39, 0.29) is 18.0 Å². The van der Waals surface area contributed by atoms with E-state index in [0.717, 1.165) is 18.4 Å². The van der Waals surface area contributed by atoms with Gasteiger partial charge in [0.15, 0.2) is 5.11 Å². The first kappa shape index (κ1) is 12.9. The van der Waals surface area contributed by atoms with Gasteiger partial charge in [-0.25, -0.2) is 0 Å². The Morgan fingerprint density at radius 3 is 2.47 bits per heavy atom. The lowest BCUT2D eigenvalue weighted by Gasteiger charge is -2.27. The molecule has 0 unspecified atom stereocenters. The van der Waals surface area contributed by atoms with Crippen LogP contribution in [0.4, 0.5) is 0 Å². The molecule has 2 aliphatic rings. The van der Waals surface area contributed by atoms with Gasteiger partial charge in [0.2, 0.25) is 0 Å². The van der Waals surface area contributed by atoms with E-state index in [1.54, 1.807) is 4.90 Å². The largest absolute Gasteiger partial charge is 0.351 e. The fourth-order valence-corrected chi connectivity index (χ4v) is 3.10. The van der Waals surface area contributed by atoms with Gasteiger partial charge in [0.1, 0.15) is 6.04 Å². The Morgan fingerprint density at radius 2 is 2.00 bits per heavy atom. The molecule has 1 heterocycles. The SMILES string of the molecule is C[C@@H]1NC(=S)N([C@@H](c2ccc(Cl)cc2)C2CC2)C1=O. The van der Waals surface area contributed by atoms with Crippen molar-refractivity contribution in [3.63, 3.8) is 0 Å². The number of carbonyl (C=O) groups excluding carboxylic acids is 1. The van der Waals surface area contributed by atoms with Crippen molar-refractivity contribution in [1.82, 2.24) is 10.2 Å². The predicted octanol–water partition coefficient (Wildman–Crippen LogP) is 2.90. The summed E-state index contributed by atoms with van der Waals surface area (Å²) in [6.45, 7) is 1.85. The Bertz CT molecular complexity index is 527. The molecular weight excluding hydrogens is 280 g/mol. The lowest BCUT2D eigenvalue weighted by Crippen LogP contribution is -2.36. The molecule has 19 heavy (non-hydrogen) atoms. The Labute approximate surface area is 122 Å². The molecular formula is C14H15ClN2OS. The molecule has 0 spiro atoms. The minimum Gasteiger partial charge on any atom is -0.351 e. The third-order valence-electron chi connectivity index (χ3n) is 3.72. The van der Waals surface area contributed by atoms with Crippen LogP contribution in [0.5, 0.6) is 0 Å². The van der Waals surface area contributed by atoms with Gasteiger partial charge in [-0.15, -0.1) is 0 Å². The number of halogens is 1. The molecule has 0 bridgehead atoms. The van der Waals surface area contributed by atoms with Gasteiger partial charge in [-0.1, -0.05) is 23.7 Å². The Balaban J connectivity index is 1.95. The number of carbonyl (C=O) groups is 1. The molecule has 3 nitrogen and oxygen atoms in total. The predicted molar refractivity (Wildman–Crippen MR) is 79.0 cm³/mol. The first-order valence-corrected chi connectivity index (χ1v) is 7.25. The smallest absolute Gasteiger partial charge is 0.251 e. The normalized spacial score (nSPS) is 24.5. The molecule has 0 radical (unpaired) electrons. The van der Waals surface area contributed by atoms with E-state index >= 15 is 0 Å². The summed E-state index contributed by atoms with van der Waals surface area (Å²) in [5.41, 5.74) is 1.11. The van der Waals surface area contributed by atoms with Crippen molar-refractivity contribution in [3.05, 3.63) is 34.9 Å². The summed E-state index contributed by atoms with van der Waals surface area (Å²) >= 11 is 11.2. The van der Waals surface area contributed by atoms with Crippen LogP contribution < -0.4 is 5.32 Å². The van der Waals surface area contributed by atoms with Crippen molar-refractivity contribution >= 4 is 34.8 Å². The summed E-state index contributed by atoms with van der Waals surface area (Å²) in [7, 11) is 0. The van der Waals surface area contributed by atoms with Crippen molar-refractivity contribution in [2.45, 2.75) is 31.8 Å². The summed E-state index contributed by atoms with van der Waals surface area (Å²) in [4.78, 5) is 14.0. The van der Waals surface area contributed by atoms with Gasteiger partial charge >= 0.3 is 0 Å². The molecule has 1 amide bonds. The van der Waals surface area contributed by atoms with Gasteiger partial charge in [0.25, 0.3) is 5.91 Å². The zero-order valence-electron chi connectivity index (χ0n) is 10.6. The van der Waals surface area contributed by atoms with Gasteiger partial charge in [-0.2, -0.15) is 0 Å². The molecule has 1 N–H and O–H groups in total. The molecule has 100 valence electrons. The topological polar surface area (TPSA) is 32.3 Å². The van der Waals surface area contributed by atoms with Crippen LogP contribution in [0.2, 0.25) is 5.02 Å². The van der Waals surface area contributed by atoms with E-state index in [9.17, 15) is 4.79 Å². The van der Waals surface area contributed by atoms with Crippen LogP contribution in [0.25, 0.3) is 0 Å². The van der Waals surface area contributed by atoms with Crippen molar-refractivity contribution in [2.24, 2.45) is 5.92 Å². The third-order valence-corrected chi connectivity index (χ3v) is 4.29. The Kier molecular flexibility index (Phi) is 3.23. The van der Waals surface area contributed by atoms with Crippen molar-refractivity contribution < 1.29 is 4.79 Å². The van der Waals surface area contributed by atoms with E-state index in [4.69, 9.17) is 23.8 Å². The maximum Gasteiger partial charge on any atom is 0.251 e. The second kappa shape index (κ2) is 4.76. The first-order chi connectivity index (χ1) is 9.08. The van der Waals surface area contributed by atoms with Gasteiger partial charge < -0.3 is 5.32 Å². The standard InChI is InChI=1S/C14H15ClN2OS/c1-8-13(18)17(14(19)16-8)12(9-2-3-9)10-4-6-11(15)7-5-10/h4-9,12H,2-3H2,1H3,(H,16,19)/t8-,12+/m0/s1. The number of benzene rings is 1. The molecule has 1 saturated carbocycles. The Hall–Kier alpha value is -1.13. The number of hydrogen-bond donors (Lipinski definition) is 1. The fraction of sp³-hybridized carbons (Fsp3) is 0.429. The molecule has 5 heteroatoms. The molecule has 1 aliphatic carbocycles. The van der Waals surface area contributed by atoms with Gasteiger partial charge in [0.05, 0.1) is 6.04 Å². The van der Waals surface area contributed by atoms with Crippen LogP contribution in [0, 0.1) is 5.92 Å². The number of thiocarbonyl (C=S) groups is 1. The summed E-state index contributed by atoms with van der Waals surface area (Å²) in [5.74, 6) is 0.576. The maximum atomic E-state index is 12.3. The van der Waals surface area contributed by atoms with Crippen molar-refractivity contribution in [3.8, 4) is 0 Å². The van der Waals surface area contributed by atoms with Gasteiger partial charge in [0, 0.05) is 5.02 Å². The molecule has 1 saturated heterocycles. The second-order valence-electron chi connectivity index (χ2n) is 5.21. The Morgan fingerprint density at radius 1 is 1.37 bits per heavy atom. The number of nitrogens with one attached hydrogen (secondary N) is 1. The van der Waals surface area contributed by atoms with E-state index in [1.807, 2.05) is 31.2 Å². The molecule has 0 aromatic heterocycles. The van der Waals surface area contributed by atoms with E-state index in [0.29, 0.717) is 16.1 Å². The maximum absolute atomic E-state index is 12.3. The summed E-state index contributed by atoms with van der Waals surface area (Å²) < 4.78 is 0. The quantitative estimate of drug-likeness (QED) is 0.870. The third kappa shape index (κ3) is 2.35. The van der Waals surface area contributed by atoms with Crippen molar-refractivity contribution in [1.29, 1.82) is 0 Å². The number of hydrogen-bond acceptors (Lipinski definition) is 2. The monoisotopic (exact) mass is 294 g/mol. The average molecular weight is 295 g/mol. The van der Waals surface area contributed by atoms with Crippen LogP contribution >= 0.6 is 23.8 Å². The van der Waals surface area contributed by atoms with Crippen LogP contribution in [-0.4, -0.2) is 22.0 Å². The highest BCUT2D eigenvalue weighted by Gasteiger charge is 2.44. The highest BCUT2D eigenvalue weighted by molar-refractivity contribution is 7.80. The minimum absolute atomic E-state index is 0.0507. The molecule has 1 aliphatic heterocycles. The molecule has 2 fully saturated rings. The van der Waals surface area contributed by atoms with Crippen LogP contribution in [0.15, 0.2) is 24.3 Å². The van der Waals surface area contributed by atoms with Crippen LogP contribution in [0.1, 0.15) is 31.4 Å². The van der Waals surface area contributed by atoms with E-state index in [2.05, 4.69) is 5.32 Å².